The molecule has 0 aromatic heterocycles. The van der Waals surface area contributed by atoms with Crippen molar-refractivity contribution in [2.24, 2.45) is 17.8 Å². The molecule has 1 aliphatic heterocycles. The summed E-state index contributed by atoms with van der Waals surface area (Å²) in [5, 5.41) is 5.48. The van der Waals surface area contributed by atoms with Crippen molar-refractivity contribution in [3.05, 3.63) is 84.5 Å². The van der Waals surface area contributed by atoms with Gasteiger partial charge in [0, 0.05) is 43.6 Å². The minimum atomic E-state index is -4.51. The Labute approximate surface area is 232 Å². The first-order valence-corrected chi connectivity index (χ1v) is 13.9. The Morgan fingerprint density at radius 1 is 1.02 bits per heavy atom. The van der Waals surface area contributed by atoms with Gasteiger partial charge in [-0.25, -0.2) is 4.79 Å². The Hall–Kier alpha value is -3.59. The third-order valence-corrected chi connectivity index (χ3v) is 8.41. The number of urea groups is 1. The number of rotatable bonds is 8. The number of amides is 3. The zero-order valence-electron chi connectivity index (χ0n) is 22.4. The van der Waals surface area contributed by atoms with Crippen molar-refractivity contribution < 1.29 is 22.8 Å². The fourth-order valence-corrected chi connectivity index (χ4v) is 6.33. The molecule has 2 bridgehead atoms. The van der Waals surface area contributed by atoms with Crippen molar-refractivity contribution in [2.45, 2.75) is 44.4 Å². The molecule has 1 heterocycles. The highest BCUT2D eigenvalue weighted by Gasteiger charge is 2.37. The monoisotopic (exact) mass is 552 g/mol. The molecular formula is C31H35F3N4O2. The number of allylic oxidation sites excluding steroid dienone is 2. The standard InChI is InChI=1S/C31H35F3N4O2/c1-2-29(39)36-28-9-4-3-6-23(28)20-38(30(40)35-26-8-5-7-25(18-26)31(32,33)34)27-12-14-37(15-13-27)19-24-17-21-10-11-22(24)16-21/h2-11,18,21-22,24,27H,1,12-17,19-20H2,(H,35,40)(H,36,39). The number of anilines is 2. The summed E-state index contributed by atoms with van der Waals surface area (Å²) >= 11 is 0. The van der Waals surface area contributed by atoms with Gasteiger partial charge in [-0.05, 0) is 79.3 Å². The van der Waals surface area contributed by atoms with Crippen LogP contribution in [0, 0.1) is 17.8 Å². The lowest BCUT2D eigenvalue weighted by Crippen LogP contribution is -2.49. The molecule has 1 saturated carbocycles. The van der Waals surface area contributed by atoms with Gasteiger partial charge < -0.3 is 20.4 Å². The zero-order chi connectivity index (χ0) is 28.3. The molecule has 212 valence electrons. The van der Waals surface area contributed by atoms with E-state index in [2.05, 4.69) is 34.3 Å². The Morgan fingerprint density at radius 2 is 1.80 bits per heavy atom. The Balaban J connectivity index is 1.31. The van der Waals surface area contributed by atoms with E-state index in [1.807, 2.05) is 12.1 Å². The summed E-state index contributed by atoms with van der Waals surface area (Å²) in [5.41, 5.74) is 0.553. The van der Waals surface area contributed by atoms with E-state index >= 15 is 0 Å². The molecule has 0 spiro atoms. The highest BCUT2D eigenvalue weighted by atomic mass is 19.4. The van der Waals surface area contributed by atoms with E-state index in [4.69, 9.17) is 0 Å². The van der Waals surface area contributed by atoms with Crippen LogP contribution in [0.25, 0.3) is 0 Å². The van der Waals surface area contributed by atoms with Crippen molar-refractivity contribution in [3.8, 4) is 0 Å². The van der Waals surface area contributed by atoms with E-state index in [-0.39, 0.29) is 24.2 Å². The molecule has 2 aromatic rings. The van der Waals surface area contributed by atoms with Crippen molar-refractivity contribution in [1.82, 2.24) is 9.80 Å². The van der Waals surface area contributed by atoms with Crippen LogP contribution in [0.4, 0.5) is 29.3 Å². The molecule has 2 N–H and O–H groups in total. The van der Waals surface area contributed by atoms with E-state index in [0.717, 1.165) is 56.1 Å². The van der Waals surface area contributed by atoms with Crippen LogP contribution in [-0.4, -0.2) is 47.4 Å². The number of piperidine rings is 1. The summed E-state index contributed by atoms with van der Waals surface area (Å²) in [6.07, 6.45) is 5.42. The number of hydrogen-bond donors (Lipinski definition) is 2. The van der Waals surface area contributed by atoms with E-state index in [9.17, 15) is 22.8 Å². The molecular weight excluding hydrogens is 517 g/mol. The number of halogens is 3. The molecule has 3 amide bonds. The smallest absolute Gasteiger partial charge is 0.322 e. The normalized spacial score (nSPS) is 22.7. The van der Waals surface area contributed by atoms with Gasteiger partial charge in [-0.3, -0.25) is 4.79 Å². The molecule has 0 radical (unpaired) electrons. The van der Waals surface area contributed by atoms with Crippen molar-refractivity contribution in [3.63, 3.8) is 0 Å². The van der Waals surface area contributed by atoms with Gasteiger partial charge in [0.1, 0.15) is 0 Å². The lowest BCUT2D eigenvalue weighted by Gasteiger charge is -2.40. The van der Waals surface area contributed by atoms with Gasteiger partial charge in [0.05, 0.1) is 5.56 Å². The number of carbonyl (C=O) groups excluding carboxylic acids is 2. The molecule has 3 unspecified atom stereocenters. The predicted molar refractivity (Wildman–Crippen MR) is 150 cm³/mol. The summed E-state index contributed by atoms with van der Waals surface area (Å²) < 4.78 is 39.8. The first-order chi connectivity index (χ1) is 19.2. The van der Waals surface area contributed by atoms with Crippen LogP contribution in [0.15, 0.2) is 73.3 Å². The maximum Gasteiger partial charge on any atom is 0.416 e. The number of hydrogen-bond acceptors (Lipinski definition) is 3. The number of carbonyl (C=O) groups is 2. The fourth-order valence-electron chi connectivity index (χ4n) is 6.33. The molecule has 5 rings (SSSR count). The Kier molecular flexibility index (Phi) is 8.30. The molecule has 9 heteroatoms. The second-order valence-electron chi connectivity index (χ2n) is 11.1. The summed E-state index contributed by atoms with van der Waals surface area (Å²) in [4.78, 5) is 29.8. The first kappa shape index (κ1) is 28.0. The van der Waals surface area contributed by atoms with Crippen LogP contribution in [0.3, 0.4) is 0 Å². The largest absolute Gasteiger partial charge is 0.416 e. The van der Waals surface area contributed by atoms with Crippen LogP contribution in [0.5, 0.6) is 0 Å². The molecule has 2 aliphatic carbocycles. The van der Waals surface area contributed by atoms with Crippen LogP contribution < -0.4 is 10.6 Å². The number of benzene rings is 2. The van der Waals surface area contributed by atoms with Gasteiger partial charge in [-0.1, -0.05) is 43.0 Å². The number of nitrogens with zero attached hydrogens (tertiary/aromatic N) is 2. The third-order valence-electron chi connectivity index (χ3n) is 8.41. The van der Waals surface area contributed by atoms with Crippen LogP contribution >= 0.6 is 0 Å². The predicted octanol–water partition coefficient (Wildman–Crippen LogP) is 6.54. The van der Waals surface area contributed by atoms with Crippen LogP contribution in [0.2, 0.25) is 0 Å². The van der Waals surface area contributed by atoms with E-state index < -0.39 is 17.8 Å². The lowest BCUT2D eigenvalue weighted by atomic mass is 9.92. The fraction of sp³-hybridized carbons (Fsp3) is 0.419. The van der Waals surface area contributed by atoms with Gasteiger partial charge in [-0.15, -0.1) is 0 Å². The van der Waals surface area contributed by atoms with Gasteiger partial charge in [0.15, 0.2) is 0 Å². The minimum absolute atomic E-state index is 0.0832. The second-order valence-corrected chi connectivity index (χ2v) is 11.1. The maximum atomic E-state index is 13.6. The summed E-state index contributed by atoms with van der Waals surface area (Å²) in [6.45, 7) is 6.46. The molecule has 1 saturated heterocycles. The van der Waals surface area contributed by atoms with Crippen molar-refractivity contribution in [1.29, 1.82) is 0 Å². The van der Waals surface area contributed by atoms with E-state index in [0.29, 0.717) is 17.5 Å². The maximum absolute atomic E-state index is 13.6. The van der Waals surface area contributed by atoms with Crippen molar-refractivity contribution >= 4 is 23.3 Å². The average Bonchev–Trinajstić information content (AvgIpc) is 3.56. The number of likely N-dealkylation sites (tertiary alicyclic amines) is 1. The average molecular weight is 553 g/mol. The number of para-hydroxylation sites is 1. The molecule has 3 aliphatic rings. The minimum Gasteiger partial charge on any atom is -0.322 e. The molecule has 40 heavy (non-hydrogen) atoms. The molecule has 2 fully saturated rings. The summed E-state index contributed by atoms with van der Waals surface area (Å²) in [5.74, 6) is 1.73. The molecule has 6 nitrogen and oxygen atoms in total. The molecule has 2 aromatic carbocycles. The van der Waals surface area contributed by atoms with Gasteiger partial charge in [-0.2, -0.15) is 13.2 Å². The topological polar surface area (TPSA) is 64.7 Å². The van der Waals surface area contributed by atoms with Crippen molar-refractivity contribution in [2.75, 3.05) is 30.3 Å². The van der Waals surface area contributed by atoms with Gasteiger partial charge >= 0.3 is 12.2 Å². The van der Waals surface area contributed by atoms with Gasteiger partial charge in [0.2, 0.25) is 5.91 Å². The van der Waals surface area contributed by atoms with Gasteiger partial charge in [0.25, 0.3) is 0 Å². The van der Waals surface area contributed by atoms with E-state index in [1.54, 1.807) is 17.0 Å². The summed E-state index contributed by atoms with van der Waals surface area (Å²) in [6, 6.07) is 11.3. The Morgan fingerprint density at radius 3 is 2.48 bits per heavy atom. The van der Waals surface area contributed by atoms with E-state index in [1.165, 1.54) is 31.1 Å². The number of alkyl halides is 3. The SMILES string of the molecule is C=CC(=O)Nc1ccccc1CN(C(=O)Nc1cccc(C(F)(F)F)c1)C1CCN(CC2CC3C=CC2C3)CC1. The Bertz CT molecular complexity index is 1270. The number of fused-ring (bicyclic) bond motifs is 2. The number of nitrogens with one attached hydrogen (secondary N) is 2. The molecule has 3 atom stereocenters. The zero-order valence-corrected chi connectivity index (χ0v) is 22.4. The highest BCUT2D eigenvalue weighted by molar-refractivity contribution is 5.99. The quantitative estimate of drug-likeness (QED) is 0.289. The van der Waals surface area contributed by atoms with Crippen LogP contribution in [-0.2, 0) is 17.5 Å². The highest BCUT2D eigenvalue weighted by Crippen LogP contribution is 2.44. The van der Waals surface area contributed by atoms with Crippen LogP contribution in [0.1, 0.15) is 36.8 Å². The third kappa shape index (κ3) is 6.58. The first-order valence-electron chi connectivity index (χ1n) is 13.9. The second kappa shape index (κ2) is 11.9. The summed E-state index contributed by atoms with van der Waals surface area (Å²) in [7, 11) is 0. The lowest BCUT2D eigenvalue weighted by molar-refractivity contribution is -0.137.